The number of hydrogen-bond acceptors (Lipinski definition) is 8. The number of hydrogen-bond donors (Lipinski definition) is 1. The van der Waals surface area contributed by atoms with E-state index in [1.165, 1.54) is 0 Å². The summed E-state index contributed by atoms with van der Waals surface area (Å²) in [7, 11) is 0. The molecule has 0 aliphatic carbocycles. The van der Waals surface area contributed by atoms with Crippen LogP contribution in [0.5, 0.6) is 0 Å². The van der Waals surface area contributed by atoms with Crippen LogP contribution in [0.4, 0.5) is 5.69 Å². The molecule has 136 valence electrons. The first-order chi connectivity index (χ1) is 14.2. The number of nitriles is 3. The lowest BCUT2D eigenvalue weighted by Crippen LogP contribution is -2.01. The van der Waals surface area contributed by atoms with Gasteiger partial charge in [0.15, 0.2) is 17.0 Å². The molecule has 0 bridgehead atoms. The van der Waals surface area contributed by atoms with E-state index < -0.39 is 0 Å². The van der Waals surface area contributed by atoms with E-state index in [0.29, 0.717) is 22.9 Å². The molecule has 0 aliphatic rings. The van der Waals surface area contributed by atoms with E-state index in [1.807, 2.05) is 41.8 Å². The maximum atomic E-state index is 9.22. The van der Waals surface area contributed by atoms with Gasteiger partial charge in [-0.25, -0.2) is 0 Å². The monoisotopic (exact) mass is 394 g/mol. The number of aromatic nitrogens is 4. The fraction of sp³-hybridized carbons (Fsp3) is 0. The van der Waals surface area contributed by atoms with Crippen molar-refractivity contribution in [1.82, 2.24) is 19.8 Å². The van der Waals surface area contributed by atoms with Gasteiger partial charge in [-0.1, -0.05) is 18.2 Å². The van der Waals surface area contributed by atoms with Gasteiger partial charge < -0.3 is 5.32 Å². The third-order valence-corrected chi connectivity index (χ3v) is 4.88. The van der Waals surface area contributed by atoms with Gasteiger partial charge in [0.05, 0.1) is 10.6 Å². The molecule has 0 fully saturated rings. The number of benzene rings is 1. The number of nitrogens with zero attached hydrogens (tertiary/aromatic N) is 7. The molecule has 0 aliphatic heterocycles. The van der Waals surface area contributed by atoms with Crippen LogP contribution in [0.2, 0.25) is 0 Å². The molecule has 29 heavy (non-hydrogen) atoms. The molecule has 0 saturated heterocycles. The van der Waals surface area contributed by atoms with Gasteiger partial charge in [-0.15, -0.1) is 21.5 Å². The summed E-state index contributed by atoms with van der Waals surface area (Å²) in [5.41, 5.74) is 2.29. The van der Waals surface area contributed by atoms with Gasteiger partial charge in [0.25, 0.3) is 0 Å². The third kappa shape index (κ3) is 3.40. The van der Waals surface area contributed by atoms with Gasteiger partial charge in [0, 0.05) is 11.3 Å². The lowest BCUT2D eigenvalue weighted by atomic mass is 10.1. The summed E-state index contributed by atoms with van der Waals surface area (Å²) in [4.78, 5) is 0.960. The second kappa shape index (κ2) is 7.61. The second-order valence-corrected chi connectivity index (χ2v) is 6.73. The normalized spacial score (nSPS) is 9.97. The van der Waals surface area contributed by atoms with Crippen LogP contribution < -0.4 is 5.32 Å². The highest BCUT2D eigenvalue weighted by molar-refractivity contribution is 7.13. The van der Waals surface area contributed by atoms with Gasteiger partial charge in [0.1, 0.15) is 23.9 Å². The SMILES string of the molecule is N#CC(C#N)=C(C#N)Nc1cccc(-c2ccc3nnc(-c4cccs4)n3n2)c1. The molecule has 1 N–H and O–H groups in total. The molecule has 4 aromatic rings. The Kier molecular flexibility index (Phi) is 4.69. The Morgan fingerprint density at radius 2 is 1.83 bits per heavy atom. The molecule has 0 amide bonds. The Morgan fingerprint density at radius 1 is 0.966 bits per heavy atom. The van der Waals surface area contributed by atoms with Crippen LogP contribution in [0.1, 0.15) is 0 Å². The summed E-state index contributed by atoms with van der Waals surface area (Å²) in [5, 5.41) is 45.0. The van der Waals surface area contributed by atoms with Gasteiger partial charge in [-0.3, -0.25) is 0 Å². The number of allylic oxidation sites excluding steroid dienone is 2. The molecule has 3 aromatic heterocycles. The number of rotatable bonds is 4. The zero-order chi connectivity index (χ0) is 20.2. The van der Waals surface area contributed by atoms with Crippen molar-refractivity contribution in [3.8, 4) is 40.2 Å². The molecule has 3 heterocycles. The predicted octanol–water partition coefficient (Wildman–Crippen LogP) is 3.76. The fourth-order valence-electron chi connectivity index (χ4n) is 2.69. The number of thiophene rings is 1. The minimum absolute atomic E-state index is 0.102. The summed E-state index contributed by atoms with van der Waals surface area (Å²) in [5.74, 6) is 0.661. The zero-order valence-corrected chi connectivity index (χ0v) is 15.6. The van der Waals surface area contributed by atoms with Gasteiger partial charge in [0.2, 0.25) is 0 Å². The molecule has 4 rings (SSSR count). The minimum atomic E-state index is -0.275. The standard InChI is InChI=1S/C20H10N8S/c21-10-14(11-22)17(12-23)24-15-4-1-3-13(9-15)16-6-7-19-25-26-20(28(19)27-16)18-5-2-8-29-18/h1-9,24H. The number of anilines is 1. The van der Waals surface area contributed by atoms with Crippen molar-refractivity contribution >= 4 is 22.7 Å². The number of fused-ring (bicyclic) bond motifs is 1. The van der Waals surface area contributed by atoms with Crippen molar-refractivity contribution < 1.29 is 0 Å². The summed E-state index contributed by atoms with van der Waals surface area (Å²) in [6.45, 7) is 0. The first-order valence-electron chi connectivity index (χ1n) is 8.32. The maximum Gasteiger partial charge on any atom is 0.195 e. The molecule has 8 nitrogen and oxygen atoms in total. The maximum absolute atomic E-state index is 9.22. The first kappa shape index (κ1) is 17.9. The Morgan fingerprint density at radius 3 is 2.55 bits per heavy atom. The van der Waals surface area contributed by atoms with Crippen LogP contribution in [0.25, 0.3) is 27.6 Å². The van der Waals surface area contributed by atoms with Crippen LogP contribution >= 0.6 is 11.3 Å². The Bertz CT molecular complexity index is 1340. The molecule has 1 aromatic carbocycles. The smallest absolute Gasteiger partial charge is 0.195 e. The first-order valence-corrected chi connectivity index (χ1v) is 9.20. The van der Waals surface area contributed by atoms with E-state index in [0.717, 1.165) is 10.4 Å². The van der Waals surface area contributed by atoms with Gasteiger partial charge in [-0.05, 0) is 35.7 Å². The van der Waals surface area contributed by atoms with Crippen molar-refractivity contribution in [2.45, 2.75) is 0 Å². The van der Waals surface area contributed by atoms with Crippen LogP contribution in [0.15, 0.2) is 65.2 Å². The van der Waals surface area contributed by atoms with E-state index >= 15 is 0 Å². The van der Waals surface area contributed by atoms with Crippen LogP contribution in [-0.4, -0.2) is 19.8 Å². The van der Waals surface area contributed by atoms with Crippen LogP contribution in [-0.2, 0) is 0 Å². The molecule has 0 saturated carbocycles. The molecule has 0 atom stereocenters. The molecular weight excluding hydrogens is 384 g/mol. The summed E-state index contributed by atoms with van der Waals surface area (Å²) in [6, 6.07) is 20.0. The number of nitrogens with one attached hydrogen (secondary N) is 1. The van der Waals surface area contributed by atoms with Crippen LogP contribution in [0.3, 0.4) is 0 Å². The average Bonchev–Trinajstić information content (AvgIpc) is 3.43. The minimum Gasteiger partial charge on any atom is -0.345 e. The van der Waals surface area contributed by atoms with E-state index in [-0.39, 0.29) is 11.3 Å². The van der Waals surface area contributed by atoms with E-state index in [4.69, 9.17) is 10.5 Å². The topological polar surface area (TPSA) is 126 Å². The molecule has 0 unspecified atom stereocenters. The van der Waals surface area contributed by atoms with Crippen molar-refractivity contribution in [1.29, 1.82) is 15.8 Å². The quantitative estimate of drug-likeness (QED) is 0.522. The Hall–Kier alpha value is -4.52. The van der Waals surface area contributed by atoms with Crippen LogP contribution in [0, 0.1) is 34.0 Å². The third-order valence-electron chi connectivity index (χ3n) is 4.02. The highest BCUT2D eigenvalue weighted by Gasteiger charge is 2.12. The van der Waals surface area contributed by atoms with Gasteiger partial charge in [-0.2, -0.15) is 25.4 Å². The zero-order valence-electron chi connectivity index (χ0n) is 14.7. The average molecular weight is 394 g/mol. The highest BCUT2D eigenvalue weighted by Crippen LogP contribution is 2.26. The van der Waals surface area contributed by atoms with Crippen molar-refractivity contribution in [3.05, 3.63) is 65.2 Å². The molecule has 9 heteroatoms. The predicted molar refractivity (Wildman–Crippen MR) is 107 cm³/mol. The lowest BCUT2D eigenvalue weighted by molar-refractivity contribution is 0.944. The Balaban J connectivity index is 1.74. The van der Waals surface area contributed by atoms with E-state index in [9.17, 15) is 5.26 Å². The van der Waals surface area contributed by atoms with E-state index in [1.54, 1.807) is 46.2 Å². The largest absolute Gasteiger partial charge is 0.345 e. The molecular formula is C20H10N8S. The van der Waals surface area contributed by atoms with Crippen molar-refractivity contribution in [2.24, 2.45) is 0 Å². The molecule has 0 spiro atoms. The summed E-state index contributed by atoms with van der Waals surface area (Å²) in [6.07, 6.45) is 0. The lowest BCUT2D eigenvalue weighted by Gasteiger charge is -2.07. The van der Waals surface area contributed by atoms with Gasteiger partial charge >= 0.3 is 0 Å². The highest BCUT2D eigenvalue weighted by atomic mass is 32.1. The van der Waals surface area contributed by atoms with Crippen molar-refractivity contribution in [3.63, 3.8) is 0 Å². The van der Waals surface area contributed by atoms with Crippen molar-refractivity contribution in [2.75, 3.05) is 5.32 Å². The summed E-state index contributed by atoms with van der Waals surface area (Å²) >= 11 is 1.55. The fourth-order valence-corrected chi connectivity index (χ4v) is 3.38. The Labute approximate surface area is 169 Å². The molecule has 0 radical (unpaired) electrons. The van der Waals surface area contributed by atoms with E-state index in [2.05, 4.69) is 20.6 Å². The second-order valence-electron chi connectivity index (χ2n) is 5.78. The summed E-state index contributed by atoms with van der Waals surface area (Å²) < 4.78 is 1.69.